The van der Waals surface area contributed by atoms with E-state index < -0.39 is 0 Å². The number of hydrogen-bond donors (Lipinski definition) is 1. The largest absolute Gasteiger partial charge is 0.314 e. The van der Waals surface area contributed by atoms with E-state index in [1.807, 2.05) is 11.3 Å². The lowest BCUT2D eigenvalue weighted by molar-refractivity contribution is 0.239. The van der Waals surface area contributed by atoms with E-state index in [4.69, 9.17) is 0 Å². The van der Waals surface area contributed by atoms with Crippen LogP contribution >= 0.6 is 27.3 Å². The predicted octanol–water partition coefficient (Wildman–Crippen LogP) is 3.50. The van der Waals surface area contributed by atoms with Crippen molar-refractivity contribution in [2.75, 3.05) is 32.7 Å². The fourth-order valence-electron chi connectivity index (χ4n) is 2.62. The van der Waals surface area contributed by atoms with Gasteiger partial charge in [0, 0.05) is 45.6 Å². The first kappa shape index (κ1) is 13.6. The van der Waals surface area contributed by atoms with Crippen LogP contribution < -0.4 is 5.32 Å². The van der Waals surface area contributed by atoms with Gasteiger partial charge in [0.2, 0.25) is 0 Å². The van der Waals surface area contributed by atoms with Crippen molar-refractivity contribution in [1.82, 2.24) is 10.2 Å². The normalized spacial score (nSPS) is 17.1. The van der Waals surface area contributed by atoms with Crippen molar-refractivity contribution < 1.29 is 0 Å². The Hall–Kier alpha value is -0.420. The molecule has 3 rings (SSSR count). The molecule has 0 atom stereocenters. The number of thiophene rings is 1. The molecule has 4 heteroatoms. The number of halogens is 1. The van der Waals surface area contributed by atoms with Gasteiger partial charge in [-0.25, -0.2) is 0 Å². The van der Waals surface area contributed by atoms with Crippen LogP contribution in [0.15, 0.2) is 28.7 Å². The molecule has 1 aliphatic rings. The predicted molar refractivity (Wildman–Crippen MR) is 87.2 cm³/mol. The second-order valence-corrected chi connectivity index (χ2v) is 6.96. The Kier molecular flexibility index (Phi) is 4.53. The molecule has 0 radical (unpaired) electrons. The van der Waals surface area contributed by atoms with Crippen molar-refractivity contribution in [1.29, 1.82) is 0 Å². The van der Waals surface area contributed by atoms with Crippen LogP contribution in [0, 0.1) is 0 Å². The van der Waals surface area contributed by atoms with Crippen molar-refractivity contribution in [3.05, 3.63) is 33.6 Å². The minimum atomic E-state index is 1.15. The summed E-state index contributed by atoms with van der Waals surface area (Å²) < 4.78 is 2.71. The van der Waals surface area contributed by atoms with Crippen molar-refractivity contribution in [3.63, 3.8) is 0 Å². The standard InChI is InChI=1S/C15H19BrN2S/c16-15-12-4-1-2-5-13(12)19-14(15)6-3-9-18-10-7-17-8-11-18/h1-2,4-5,17H,3,6-11H2. The Morgan fingerprint density at radius 1 is 1.21 bits per heavy atom. The third-order valence-electron chi connectivity index (χ3n) is 3.69. The Balaban J connectivity index is 1.60. The van der Waals surface area contributed by atoms with E-state index in [0.29, 0.717) is 0 Å². The molecule has 102 valence electrons. The molecule has 0 spiro atoms. The number of nitrogens with zero attached hydrogens (tertiary/aromatic N) is 1. The summed E-state index contributed by atoms with van der Waals surface area (Å²) in [7, 11) is 0. The first-order chi connectivity index (χ1) is 9.34. The average molecular weight is 339 g/mol. The number of rotatable bonds is 4. The van der Waals surface area contributed by atoms with E-state index in [9.17, 15) is 0 Å². The van der Waals surface area contributed by atoms with E-state index in [1.165, 1.54) is 51.9 Å². The van der Waals surface area contributed by atoms with Crippen molar-refractivity contribution in [2.45, 2.75) is 12.8 Å². The minimum absolute atomic E-state index is 1.15. The van der Waals surface area contributed by atoms with Gasteiger partial charge in [-0.2, -0.15) is 0 Å². The van der Waals surface area contributed by atoms with Crippen molar-refractivity contribution >= 4 is 37.4 Å². The molecule has 2 heterocycles. The lowest BCUT2D eigenvalue weighted by Crippen LogP contribution is -2.43. The van der Waals surface area contributed by atoms with Crippen LogP contribution in [-0.2, 0) is 6.42 Å². The van der Waals surface area contributed by atoms with Crippen LogP contribution in [0.25, 0.3) is 10.1 Å². The first-order valence-corrected chi connectivity index (χ1v) is 8.54. The lowest BCUT2D eigenvalue weighted by Gasteiger charge is -2.26. The fourth-order valence-corrected chi connectivity index (χ4v) is 4.68. The zero-order chi connectivity index (χ0) is 13.1. The van der Waals surface area contributed by atoms with Crippen LogP contribution in [0.2, 0.25) is 0 Å². The summed E-state index contributed by atoms with van der Waals surface area (Å²) in [5.74, 6) is 0. The Morgan fingerprint density at radius 3 is 2.79 bits per heavy atom. The Bertz CT molecular complexity index is 546. The molecule has 1 aromatic heterocycles. The molecular weight excluding hydrogens is 320 g/mol. The monoisotopic (exact) mass is 338 g/mol. The SMILES string of the molecule is Brc1c(CCCN2CCNCC2)sc2ccccc12. The smallest absolute Gasteiger partial charge is 0.0393 e. The zero-order valence-electron chi connectivity index (χ0n) is 11.0. The van der Waals surface area contributed by atoms with Crippen LogP contribution in [0.1, 0.15) is 11.3 Å². The van der Waals surface area contributed by atoms with Crippen LogP contribution in [0.3, 0.4) is 0 Å². The van der Waals surface area contributed by atoms with Gasteiger partial charge in [0.25, 0.3) is 0 Å². The molecule has 19 heavy (non-hydrogen) atoms. The van der Waals surface area contributed by atoms with Gasteiger partial charge in [0.15, 0.2) is 0 Å². The first-order valence-electron chi connectivity index (χ1n) is 6.93. The van der Waals surface area contributed by atoms with Gasteiger partial charge in [-0.1, -0.05) is 18.2 Å². The van der Waals surface area contributed by atoms with Crippen molar-refractivity contribution in [3.8, 4) is 0 Å². The third kappa shape index (κ3) is 3.19. The van der Waals surface area contributed by atoms with E-state index in [-0.39, 0.29) is 0 Å². The van der Waals surface area contributed by atoms with Crippen LogP contribution in [0.5, 0.6) is 0 Å². The molecule has 1 fully saturated rings. The van der Waals surface area contributed by atoms with Gasteiger partial charge in [-0.3, -0.25) is 0 Å². The zero-order valence-corrected chi connectivity index (χ0v) is 13.4. The van der Waals surface area contributed by atoms with Gasteiger partial charge in [0.1, 0.15) is 0 Å². The summed E-state index contributed by atoms with van der Waals surface area (Å²) in [5, 5.41) is 4.77. The molecule has 0 aliphatic carbocycles. The molecule has 0 bridgehead atoms. The molecule has 2 aromatic rings. The quantitative estimate of drug-likeness (QED) is 0.917. The molecule has 0 unspecified atom stereocenters. The van der Waals surface area contributed by atoms with Crippen molar-refractivity contribution in [2.24, 2.45) is 0 Å². The molecule has 1 N–H and O–H groups in total. The second-order valence-electron chi connectivity index (χ2n) is 5.03. The lowest BCUT2D eigenvalue weighted by atomic mass is 10.2. The second kappa shape index (κ2) is 6.35. The number of piperazine rings is 1. The summed E-state index contributed by atoms with van der Waals surface area (Å²) in [6, 6.07) is 8.65. The topological polar surface area (TPSA) is 15.3 Å². The number of aryl methyl sites for hydroxylation is 1. The van der Waals surface area contributed by atoms with E-state index in [1.54, 1.807) is 0 Å². The molecule has 1 saturated heterocycles. The van der Waals surface area contributed by atoms with E-state index in [2.05, 4.69) is 50.4 Å². The summed E-state index contributed by atoms with van der Waals surface area (Å²) in [5.41, 5.74) is 0. The third-order valence-corrected chi connectivity index (χ3v) is 6.09. The maximum atomic E-state index is 3.76. The average Bonchev–Trinajstić information content (AvgIpc) is 2.78. The summed E-state index contributed by atoms with van der Waals surface area (Å²) in [6.45, 7) is 5.92. The molecule has 2 nitrogen and oxygen atoms in total. The minimum Gasteiger partial charge on any atom is -0.314 e. The van der Waals surface area contributed by atoms with Gasteiger partial charge in [0.05, 0.1) is 0 Å². The van der Waals surface area contributed by atoms with Gasteiger partial charge >= 0.3 is 0 Å². The summed E-state index contributed by atoms with van der Waals surface area (Å²) >= 11 is 5.70. The van der Waals surface area contributed by atoms with Gasteiger partial charge in [-0.15, -0.1) is 11.3 Å². The molecule has 1 aromatic carbocycles. The highest BCUT2D eigenvalue weighted by Gasteiger charge is 2.11. The maximum absolute atomic E-state index is 3.76. The summed E-state index contributed by atoms with van der Waals surface area (Å²) in [6.07, 6.45) is 2.44. The maximum Gasteiger partial charge on any atom is 0.0393 e. The summed E-state index contributed by atoms with van der Waals surface area (Å²) in [4.78, 5) is 4.06. The van der Waals surface area contributed by atoms with Crippen LogP contribution in [-0.4, -0.2) is 37.6 Å². The highest BCUT2D eigenvalue weighted by Crippen LogP contribution is 2.36. The number of fused-ring (bicyclic) bond motifs is 1. The molecule has 0 saturated carbocycles. The number of hydrogen-bond acceptors (Lipinski definition) is 3. The number of benzene rings is 1. The Labute approximate surface area is 126 Å². The highest BCUT2D eigenvalue weighted by atomic mass is 79.9. The Morgan fingerprint density at radius 2 is 2.00 bits per heavy atom. The molecule has 0 amide bonds. The fraction of sp³-hybridized carbons (Fsp3) is 0.467. The van der Waals surface area contributed by atoms with E-state index in [0.717, 1.165) is 13.1 Å². The van der Waals surface area contributed by atoms with Gasteiger partial charge < -0.3 is 10.2 Å². The highest BCUT2D eigenvalue weighted by molar-refractivity contribution is 9.10. The molecule has 1 aliphatic heterocycles. The van der Waals surface area contributed by atoms with E-state index >= 15 is 0 Å². The van der Waals surface area contributed by atoms with Crippen LogP contribution in [0.4, 0.5) is 0 Å². The number of nitrogens with one attached hydrogen (secondary N) is 1. The molecular formula is C15H19BrN2S. The van der Waals surface area contributed by atoms with Gasteiger partial charge in [-0.05, 0) is 41.4 Å².